The largest absolute Gasteiger partial charge is 0.490 e. The number of amides is 2. The number of methoxy groups -OCH3 is 1. The maximum atomic E-state index is 13.2. The quantitative estimate of drug-likeness (QED) is 0.384. The molecule has 1 N–H and O–H groups in total. The Kier molecular flexibility index (Phi) is 9.65. The molecule has 9 nitrogen and oxygen atoms in total. The summed E-state index contributed by atoms with van der Waals surface area (Å²) in [6.45, 7) is 5.66. The van der Waals surface area contributed by atoms with Gasteiger partial charge < -0.3 is 19.7 Å². The van der Waals surface area contributed by atoms with E-state index in [4.69, 9.17) is 9.47 Å². The maximum absolute atomic E-state index is 13.2. The van der Waals surface area contributed by atoms with Crippen LogP contribution < -0.4 is 14.8 Å². The molecule has 0 aliphatic heterocycles. The molecule has 0 aliphatic rings. The number of benzene rings is 2. The van der Waals surface area contributed by atoms with Crippen LogP contribution >= 0.6 is 0 Å². The third-order valence-electron chi connectivity index (χ3n) is 5.29. The molecule has 0 aliphatic carbocycles. The molecule has 2 amide bonds. The predicted octanol–water partition coefficient (Wildman–Crippen LogP) is 3.70. The van der Waals surface area contributed by atoms with Crippen molar-refractivity contribution in [1.82, 2.24) is 10.2 Å². The number of carbonyl (C=O) groups is 2. The van der Waals surface area contributed by atoms with Crippen molar-refractivity contribution in [3.63, 3.8) is 0 Å². The lowest BCUT2D eigenvalue weighted by molar-refractivity contribution is -0.385. The number of nitrogens with zero attached hydrogens (tertiary/aromatic N) is 2. The number of nitro benzene ring substituents is 1. The summed E-state index contributed by atoms with van der Waals surface area (Å²) in [6.07, 6.45) is 1.21. The van der Waals surface area contributed by atoms with Gasteiger partial charge in [0.1, 0.15) is 11.8 Å². The van der Waals surface area contributed by atoms with Crippen molar-refractivity contribution in [2.24, 2.45) is 0 Å². The lowest BCUT2D eigenvalue weighted by atomic mass is 10.1. The van der Waals surface area contributed by atoms with E-state index in [9.17, 15) is 19.7 Å². The Morgan fingerprint density at radius 3 is 2.39 bits per heavy atom. The fraction of sp³-hybridized carbons (Fsp3) is 0.417. The second-order valence-corrected chi connectivity index (χ2v) is 7.63. The average Bonchev–Trinajstić information content (AvgIpc) is 2.82. The Morgan fingerprint density at radius 2 is 1.82 bits per heavy atom. The summed E-state index contributed by atoms with van der Waals surface area (Å²) in [6, 6.07) is 12.8. The number of hydrogen-bond donors (Lipinski definition) is 1. The predicted molar refractivity (Wildman–Crippen MR) is 124 cm³/mol. The summed E-state index contributed by atoms with van der Waals surface area (Å²) in [7, 11) is 1.32. The molecule has 0 fully saturated rings. The fourth-order valence-electron chi connectivity index (χ4n) is 3.27. The summed E-state index contributed by atoms with van der Waals surface area (Å²) in [5.41, 5.74) is 0.687. The van der Waals surface area contributed by atoms with Crippen LogP contribution in [0.3, 0.4) is 0 Å². The number of nitro groups is 1. The van der Waals surface area contributed by atoms with E-state index in [1.54, 1.807) is 0 Å². The van der Waals surface area contributed by atoms with Crippen LogP contribution in [-0.4, -0.2) is 47.4 Å². The van der Waals surface area contributed by atoms with Crippen LogP contribution in [0.2, 0.25) is 0 Å². The molecule has 2 unspecified atom stereocenters. The fourth-order valence-corrected chi connectivity index (χ4v) is 3.27. The van der Waals surface area contributed by atoms with Crippen LogP contribution in [0.5, 0.6) is 11.5 Å². The first-order chi connectivity index (χ1) is 15.8. The topological polar surface area (TPSA) is 111 Å². The number of carbonyl (C=O) groups excluding carboxylic acids is 2. The van der Waals surface area contributed by atoms with Crippen LogP contribution in [0.15, 0.2) is 48.5 Å². The highest BCUT2D eigenvalue weighted by Crippen LogP contribution is 2.30. The van der Waals surface area contributed by atoms with Crippen molar-refractivity contribution in [3.8, 4) is 11.5 Å². The van der Waals surface area contributed by atoms with E-state index in [-0.39, 0.29) is 48.2 Å². The van der Waals surface area contributed by atoms with Gasteiger partial charge >= 0.3 is 5.69 Å². The van der Waals surface area contributed by atoms with Crippen LogP contribution in [0.1, 0.15) is 39.2 Å². The Bertz CT molecular complexity index is 950. The molecule has 0 saturated carbocycles. The van der Waals surface area contributed by atoms with E-state index in [0.717, 1.165) is 12.0 Å². The molecule has 2 aromatic rings. The number of nitrogens with one attached hydrogen (secondary N) is 1. The van der Waals surface area contributed by atoms with Crippen molar-refractivity contribution in [3.05, 3.63) is 64.2 Å². The Morgan fingerprint density at radius 1 is 1.12 bits per heavy atom. The van der Waals surface area contributed by atoms with Gasteiger partial charge in [-0.15, -0.1) is 0 Å². The van der Waals surface area contributed by atoms with E-state index in [1.165, 1.54) is 30.2 Å². The zero-order chi connectivity index (χ0) is 24.4. The minimum Gasteiger partial charge on any atom is -0.490 e. The van der Waals surface area contributed by atoms with Crippen molar-refractivity contribution in [1.29, 1.82) is 0 Å². The second-order valence-electron chi connectivity index (χ2n) is 7.63. The molecule has 9 heteroatoms. The van der Waals surface area contributed by atoms with Crippen molar-refractivity contribution >= 4 is 17.5 Å². The summed E-state index contributed by atoms with van der Waals surface area (Å²) in [5.74, 6) is -0.302. The minimum atomic E-state index is -0.665. The lowest BCUT2D eigenvalue weighted by Gasteiger charge is -2.31. The van der Waals surface area contributed by atoms with Crippen molar-refractivity contribution in [2.75, 3.05) is 13.7 Å². The first-order valence-corrected chi connectivity index (χ1v) is 10.9. The monoisotopic (exact) mass is 457 g/mol. The van der Waals surface area contributed by atoms with Gasteiger partial charge in [-0.2, -0.15) is 0 Å². The van der Waals surface area contributed by atoms with E-state index in [1.807, 2.05) is 51.1 Å². The molecular formula is C24H31N3O6. The van der Waals surface area contributed by atoms with Gasteiger partial charge in [-0.25, -0.2) is 0 Å². The average molecular weight is 458 g/mol. The molecule has 33 heavy (non-hydrogen) atoms. The molecule has 2 rings (SSSR count). The van der Waals surface area contributed by atoms with Gasteiger partial charge in [0.15, 0.2) is 6.61 Å². The van der Waals surface area contributed by atoms with Crippen LogP contribution in [0.4, 0.5) is 5.69 Å². The molecule has 0 bridgehead atoms. The normalized spacial score (nSPS) is 12.4. The molecule has 0 radical (unpaired) electrons. The summed E-state index contributed by atoms with van der Waals surface area (Å²) in [4.78, 5) is 38.1. The van der Waals surface area contributed by atoms with E-state index >= 15 is 0 Å². The molecule has 2 aromatic carbocycles. The highest BCUT2D eigenvalue weighted by atomic mass is 16.6. The highest BCUT2D eigenvalue weighted by molar-refractivity contribution is 5.88. The van der Waals surface area contributed by atoms with E-state index in [2.05, 4.69) is 5.32 Å². The Hall–Kier alpha value is -3.62. The summed E-state index contributed by atoms with van der Waals surface area (Å²) < 4.78 is 10.7. The van der Waals surface area contributed by atoms with Gasteiger partial charge in [-0.3, -0.25) is 19.7 Å². The molecular weight excluding hydrogens is 426 g/mol. The second kappa shape index (κ2) is 12.4. The van der Waals surface area contributed by atoms with Crippen LogP contribution in [0, 0.1) is 10.1 Å². The van der Waals surface area contributed by atoms with Gasteiger partial charge in [0.25, 0.3) is 5.91 Å². The molecule has 0 saturated heterocycles. The zero-order valence-electron chi connectivity index (χ0n) is 19.4. The van der Waals surface area contributed by atoms with Gasteiger partial charge in [0.05, 0.1) is 12.0 Å². The van der Waals surface area contributed by atoms with Crippen LogP contribution in [0.25, 0.3) is 0 Å². The molecule has 0 aromatic heterocycles. The Labute approximate surface area is 193 Å². The van der Waals surface area contributed by atoms with Gasteiger partial charge in [-0.05, 0) is 31.4 Å². The van der Waals surface area contributed by atoms with Crippen LogP contribution in [-0.2, 0) is 16.1 Å². The van der Waals surface area contributed by atoms with Gasteiger partial charge in [0, 0.05) is 24.7 Å². The lowest BCUT2D eigenvalue weighted by Crippen LogP contribution is -2.51. The standard InChI is InChI=1S/C24H31N3O6/c1-5-17(3)25-24(29)20(6-2)26(15-18-10-8-7-9-11-18)23(28)16-33-19-12-13-21(27(30)31)22(14-19)32-4/h7-14,17,20H,5-6,15-16H2,1-4H3,(H,25,29). The maximum Gasteiger partial charge on any atom is 0.311 e. The van der Waals surface area contributed by atoms with Crippen molar-refractivity contribution < 1.29 is 24.0 Å². The van der Waals surface area contributed by atoms with Crippen molar-refractivity contribution in [2.45, 2.75) is 52.2 Å². The zero-order valence-corrected chi connectivity index (χ0v) is 19.4. The smallest absolute Gasteiger partial charge is 0.311 e. The van der Waals surface area contributed by atoms with Gasteiger partial charge in [-0.1, -0.05) is 44.2 Å². The molecule has 178 valence electrons. The van der Waals surface area contributed by atoms with Gasteiger partial charge in [0.2, 0.25) is 11.7 Å². The molecule has 0 heterocycles. The third kappa shape index (κ3) is 7.20. The summed E-state index contributed by atoms with van der Waals surface area (Å²) in [5, 5.41) is 14.0. The third-order valence-corrected chi connectivity index (χ3v) is 5.29. The molecule has 0 spiro atoms. The highest BCUT2D eigenvalue weighted by Gasteiger charge is 2.29. The number of rotatable bonds is 12. The SMILES string of the molecule is CCC(C)NC(=O)C(CC)N(Cc1ccccc1)C(=O)COc1ccc([N+](=O)[O-])c(OC)c1. The van der Waals surface area contributed by atoms with E-state index < -0.39 is 11.0 Å². The Balaban J connectivity index is 2.22. The number of hydrogen-bond acceptors (Lipinski definition) is 6. The molecule has 2 atom stereocenters. The summed E-state index contributed by atoms with van der Waals surface area (Å²) >= 11 is 0. The number of ether oxygens (including phenoxy) is 2. The minimum absolute atomic E-state index is 0.0101. The first-order valence-electron chi connectivity index (χ1n) is 10.9. The first kappa shape index (κ1) is 25.6. The van der Waals surface area contributed by atoms with E-state index in [0.29, 0.717) is 6.42 Å².